The van der Waals surface area contributed by atoms with Crippen LogP contribution in [0, 0.1) is 6.92 Å². The number of carbonyl (C=O) groups is 3. The molecule has 0 radical (unpaired) electrons. The van der Waals surface area contributed by atoms with E-state index in [0.29, 0.717) is 23.6 Å². The first-order valence-electron chi connectivity index (χ1n) is 12.3. The Labute approximate surface area is 220 Å². The van der Waals surface area contributed by atoms with Crippen LogP contribution >= 0.6 is 11.5 Å². The van der Waals surface area contributed by atoms with E-state index in [2.05, 4.69) is 9.69 Å². The van der Waals surface area contributed by atoms with Crippen molar-refractivity contribution in [2.24, 2.45) is 5.73 Å². The number of carbonyl (C=O) groups excluding carboxylic acids is 3. The van der Waals surface area contributed by atoms with Gasteiger partial charge < -0.3 is 21.5 Å². The lowest BCUT2D eigenvalue weighted by atomic mass is 10.0. The molecule has 1 aliphatic rings. The van der Waals surface area contributed by atoms with E-state index in [1.807, 2.05) is 38.1 Å². The van der Waals surface area contributed by atoms with E-state index in [-0.39, 0.29) is 28.2 Å². The molecule has 2 aromatic carbocycles. The number of ether oxygens (including phenoxy) is 1. The molecule has 0 spiro atoms. The molecule has 1 atom stereocenters. The lowest BCUT2D eigenvalue weighted by Gasteiger charge is -2.33. The number of nitrogens with two attached hydrogens (primary N) is 2. The van der Waals surface area contributed by atoms with Crippen LogP contribution in [0.5, 0.6) is 5.75 Å². The second-order valence-corrected chi connectivity index (χ2v) is 9.79. The fourth-order valence-corrected chi connectivity index (χ4v) is 5.30. The largest absolute Gasteiger partial charge is 0.492 e. The zero-order valence-electron chi connectivity index (χ0n) is 20.9. The van der Waals surface area contributed by atoms with Gasteiger partial charge in [-0.3, -0.25) is 19.3 Å². The number of nitrogens with zero attached hydrogens (tertiary/aromatic N) is 2. The first kappa shape index (κ1) is 26.2. The van der Waals surface area contributed by atoms with Gasteiger partial charge in [-0.1, -0.05) is 54.8 Å². The van der Waals surface area contributed by atoms with Gasteiger partial charge in [-0.2, -0.15) is 4.37 Å². The number of nitrogens with one attached hydrogen (secondary N) is 1. The number of para-hydroxylation sites is 2. The van der Waals surface area contributed by atoms with Gasteiger partial charge in [0.1, 0.15) is 16.7 Å². The highest BCUT2D eigenvalue weighted by Crippen LogP contribution is 2.38. The minimum atomic E-state index is -1.03. The van der Waals surface area contributed by atoms with Gasteiger partial charge in [-0.25, -0.2) is 0 Å². The molecule has 0 bridgehead atoms. The van der Waals surface area contributed by atoms with Gasteiger partial charge >= 0.3 is 0 Å². The van der Waals surface area contributed by atoms with Crippen LogP contribution in [0.2, 0.25) is 0 Å². The summed E-state index contributed by atoms with van der Waals surface area (Å²) in [5.41, 5.74) is 13.3. The van der Waals surface area contributed by atoms with Crippen molar-refractivity contribution in [2.75, 3.05) is 17.2 Å². The molecule has 3 aromatic rings. The van der Waals surface area contributed by atoms with Crippen molar-refractivity contribution in [2.45, 2.75) is 51.6 Å². The molecule has 0 aliphatic heterocycles. The van der Waals surface area contributed by atoms with Crippen LogP contribution in [0.4, 0.5) is 11.4 Å². The van der Waals surface area contributed by atoms with E-state index >= 15 is 0 Å². The summed E-state index contributed by atoms with van der Waals surface area (Å²) in [7, 11) is 0. The van der Waals surface area contributed by atoms with Gasteiger partial charge in [0.15, 0.2) is 5.69 Å². The van der Waals surface area contributed by atoms with Crippen LogP contribution in [0.3, 0.4) is 0 Å². The number of aryl methyl sites for hydroxylation is 1. The fourth-order valence-electron chi connectivity index (χ4n) is 4.55. The van der Waals surface area contributed by atoms with Crippen LogP contribution in [0.25, 0.3) is 0 Å². The second kappa shape index (κ2) is 11.4. The second-order valence-electron chi connectivity index (χ2n) is 9.02. The molecule has 4 rings (SSSR count). The number of rotatable bonds is 9. The third kappa shape index (κ3) is 5.59. The van der Waals surface area contributed by atoms with Gasteiger partial charge in [-0.05, 0) is 55.9 Å². The summed E-state index contributed by atoms with van der Waals surface area (Å²) in [5.74, 6) is -1.29. The van der Waals surface area contributed by atoms with Gasteiger partial charge in [0.2, 0.25) is 5.91 Å². The molecule has 1 aliphatic carbocycles. The molecule has 37 heavy (non-hydrogen) atoms. The number of hydrogen-bond acceptors (Lipinski definition) is 7. The molecule has 1 heterocycles. The Hall–Kier alpha value is -3.92. The third-order valence-corrected chi connectivity index (χ3v) is 7.25. The zero-order chi connectivity index (χ0) is 26.5. The molecule has 5 N–H and O–H groups in total. The molecule has 0 saturated heterocycles. The number of aromatic nitrogens is 1. The summed E-state index contributed by atoms with van der Waals surface area (Å²) in [6.07, 6.45) is 3.87. The smallest absolute Gasteiger partial charge is 0.273 e. The van der Waals surface area contributed by atoms with Crippen molar-refractivity contribution in [3.8, 4) is 5.75 Å². The summed E-state index contributed by atoms with van der Waals surface area (Å²) < 4.78 is 9.86. The normalized spacial score (nSPS) is 14.2. The topological polar surface area (TPSA) is 141 Å². The lowest BCUT2D eigenvalue weighted by Crippen LogP contribution is -2.46. The van der Waals surface area contributed by atoms with E-state index in [0.717, 1.165) is 42.8 Å². The predicted molar refractivity (Wildman–Crippen MR) is 144 cm³/mol. The Balaban J connectivity index is 1.89. The average molecular weight is 522 g/mol. The molecule has 1 fully saturated rings. The average Bonchev–Trinajstić information content (AvgIpc) is 3.53. The van der Waals surface area contributed by atoms with Crippen molar-refractivity contribution < 1.29 is 19.1 Å². The minimum Gasteiger partial charge on any atom is -0.492 e. The van der Waals surface area contributed by atoms with Crippen LogP contribution in [0.1, 0.15) is 69.9 Å². The summed E-state index contributed by atoms with van der Waals surface area (Å²) in [6.45, 7) is 4.15. The van der Waals surface area contributed by atoms with Crippen LogP contribution in [0.15, 0.2) is 48.5 Å². The van der Waals surface area contributed by atoms with Crippen molar-refractivity contribution >= 4 is 40.6 Å². The number of nitrogen functional groups attached to an aromatic ring is 1. The summed E-state index contributed by atoms with van der Waals surface area (Å²) in [6, 6.07) is 13.5. The van der Waals surface area contributed by atoms with E-state index < -0.39 is 17.9 Å². The Morgan fingerprint density at radius 1 is 1.14 bits per heavy atom. The highest BCUT2D eigenvalue weighted by molar-refractivity contribution is 7.09. The summed E-state index contributed by atoms with van der Waals surface area (Å²) in [4.78, 5) is 41.4. The Morgan fingerprint density at radius 3 is 2.43 bits per heavy atom. The number of amides is 3. The Morgan fingerprint density at radius 2 is 1.81 bits per heavy atom. The van der Waals surface area contributed by atoms with Crippen molar-refractivity contribution in [1.82, 2.24) is 9.69 Å². The summed E-state index contributed by atoms with van der Waals surface area (Å²) >= 11 is 0.775. The SMILES string of the molecule is CCOc1ccccc1N(C(=O)c1snc(C(N)=O)c1N)[C@@H](C(=O)NC1CCCC1)c1ccc(C)cc1. The maximum Gasteiger partial charge on any atom is 0.273 e. The van der Waals surface area contributed by atoms with Gasteiger partial charge in [-0.15, -0.1) is 0 Å². The number of anilines is 2. The maximum absolute atomic E-state index is 14.2. The Kier molecular flexibility index (Phi) is 8.08. The molecular formula is C27H31N5O4S. The molecule has 1 saturated carbocycles. The van der Waals surface area contributed by atoms with Crippen molar-refractivity contribution in [3.05, 3.63) is 70.2 Å². The molecule has 10 heteroatoms. The van der Waals surface area contributed by atoms with E-state index in [1.54, 1.807) is 24.3 Å². The standard InChI is InChI=1S/C27H31N5O4S/c1-3-36-20-11-7-6-10-19(20)32(27(35)24-21(28)22(25(29)33)31-37-24)23(17-14-12-16(2)13-15-17)26(34)30-18-8-4-5-9-18/h6-7,10-15,18,23H,3-5,8-9,28H2,1-2H3,(H2,29,33)(H,30,34)/t23-/m1/s1. The van der Waals surface area contributed by atoms with E-state index in [1.165, 1.54) is 4.90 Å². The number of benzene rings is 2. The molecule has 1 aromatic heterocycles. The van der Waals surface area contributed by atoms with Gasteiger partial charge in [0.25, 0.3) is 11.8 Å². The highest BCUT2D eigenvalue weighted by Gasteiger charge is 2.38. The van der Waals surface area contributed by atoms with Crippen LogP contribution < -0.4 is 26.4 Å². The van der Waals surface area contributed by atoms with E-state index in [9.17, 15) is 14.4 Å². The van der Waals surface area contributed by atoms with Gasteiger partial charge in [0.05, 0.1) is 18.0 Å². The zero-order valence-corrected chi connectivity index (χ0v) is 21.7. The fraction of sp³-hybridized carbons (Fsp3) is 0.333. The maximum atomic E-state index is 14.2. The van der Waals surface area contributed by atoms with Crippen LogP contribution in [-0.2, 0) is 4.79 Å². The minimum absolute atomic E-state index is 0.0193. The molecular weight excluding hydrogens is 490 g/mol. The molecule has 3 amide bonds. The highest BCUT2D eigenvalue weighted by atomic mass is 32.1. The van der Waals surface area contributed by atoms with Crippen molar-refractivity contribution in [3.63, 3.8) is 0 Å². The van der Waals surface area contributed by atoms with Crippen LogP contribution in [-0.4, -0.2) is 34.7 Å². The third-order valence-electron chi connectivity index (χ3n) is 6.40. The predicted octanol–water partition coefficient (Wildman–Crippen LogP) is 3.98. The Bertz CT molecular complexity index is 1280. The molecule has 0 unspecified atom stereocenters. The lowest BCUT2D eigenvalue weighted by molar-refractivity contribution is -0.123. The number of hydrogen-bond donors (Lipinski definition) is 3. The monoisotopic (exact) mass is 521 g/mol. The van der Waals surface area contributed by atoms with Gasteiger partial charge in [0, 0.05) is 6.04 Å². The van der Waals surface area contributed by atoms with E-state index in [4.69, 9.17) is 16.2 Å². The summed E-state index contributed by atoms with van der Waals surface area (Å²) in [5, 5.41) is 3.15. The quantitative estimate of drug-likeness (QED) is 0.389. The number of primary amides is 1. The first-order valence-corrected chi connectivity index (χ1v) is 13.1. The first-order chi connectivity index (χ1) is 17.8. The molecule has 194 valence electrons. The molecule has 9 nitrogen and oxygen atoms in total. The van der Waals surface area contributed by atoms with Crippen molar-refractivity contribution in [1.29, 1.82) is 0 Å².